The molecule has 2 aliphatic heterocycles. The molecule has 0 radical (unpaired) electrons. The number of hydrogen-bond acceptors (Lipinski definition) is 4. The van der Waals surface area contributed by atoms with Crippen LogP contribution in [-0.4, -0.2) is 44.9 Å². The van der Waals surface area contributed by atoms with Gasteiger partial charge in [-0.05, 0) is 67.1 Å². The summed E-state index contributed by atoms with van der Waals surface area (Å²) in [7, 11) is -3.47. The smallest absolute Gasteiger partial charge is 0.264 e. The maximum atomic E-state index is 12.9. The van der Waals surface area contributed by atoms with Crippen molar-refractivity contribution in [1.82, 2.24) is 4.31 Å². The number of hydrogen-bond donors (Lipinski definition) is 0. The van der Waals surface area contributed by atoms with Crippen LogP contribution in [0.3, 0.4) is 0 Å². The molecule has 1 amide bonds. The van der Waals surface area contributed by atoms with Crippen LogP contribution in [0.1, 0.15) is 37.3 Å². The van der Waals surface area contributed by atoms with Gasteiger partial charge in [-0.2, -0.15) is 4.31 Å². The maximum Gasteiger partial charge on any atom is 0.264 e. The van der Waals surface area contributed by atoms with Crippen LogP contribution in [0.25, 0.3) is 0 Å². The molecule has 7 heteroatoms. The molecule has 0 atom stereocenters. The first kappa shape index (κ1) is 20.9. The first-order chi connectivity index (χ1) is 14.5. The van der Waals surface area contributed by atoms with E-state index >= 15 is 0 Å². The van der Waals surface area contributed by atoms with E-state index in [9.17, 15) is 13.2 Å². The van der Waals surface area contributed by atoms with Crippen molar-refractivity contribution in [3.05, 3.63) is 53.6 Å². The Morgan fingerprint density at radius 1 is 1.03 bits per heavy atom. The Hall–Kier alpha value is -2.38. The van der Waals surface area contributed by atoms with E-state index in [2.05, 4.69) is 6.92 Å². The summed E-state index contributed by atoms with van der Waals surface area (Å²) in [6.07, 6.45) is 4.46. The van der Waals surface area contributed by atoms with Gasteiger partial charge in [-0.25, -0.2) is 8.42 Å². The zero-order valence-electron chi connectivity index (χ0n) is 17.3. The first-order valence-corrected chi connectivity index (χ1v) is 12.1. The van der Waals surface area contributed by atoms with Crippen LogP contribution in [0, 0.1) is 0 Å². The topological polar surface area (TPSA) is 66.9 Å². The summed E-state index contributed by atoms with van der Waals surface area (Å²) in [5.74, 6) is 0.562. The fourth-order valence-electron chi connectivity index (χ4n) is 4.13. The van der Waals surface area contributed by atoms with Gasteiger partial charge in [0, 0.05) is 25.3 Å². The minimum Gasteiger partial charge on any atom is -0.484 e. The molecule has 4 rings (SSSR count). The number of ether oxygens (including phenoxy) is 1. The lowest BCUT2D eigenvalue weighted by Crippen LogP contribution is -2.35. The van der Waals surface area contributed by atoms with Gasteiger partial charge in [0.1, 0.15) is 5.75 Å². The van der Waals surface area contributed by atoms with Gasteiger partial charge < -0.3 is 9.64 Å². The molecule has 0 spiro atoms. The van der Waals surface area contributed by atoms with Gasteiger partial charge in [0.2, 0.25) is 10.0 Å². The Morgan fingerprint density at radius 2 is 1.83 bits per heavy atom. The number of benzene rings is 2. The van der Waals surface area contributed by atoms with Crippen molar-refractivity contribution in [2.45, 2.75) is 43.9 Å². The fourth-order valence-corrected chi connectivity index (χ4v) is 5.70. The zero-order valence-corrected chi connectivity index (χ0v) is 18.2. The van der Waals surface area contributed by atoms with Crippen molar-refractivity contribution in [3.8, 4) is 5.75 Å². The Morgan fingerprint density at radius 3 is 2.60 bits per heavy atom. The molecule has 0 saturated carbocycles. The highest BCUT2D eigenvalue weighted by Crippen LogP contribution is 2.32. The first-order valence-electron chi connectivity index (χ1n) is 10.6. The molecule has 1 fully saturated rings. The van der Waals surface area contributed by atoms with Crippen molar-refractivity contribution in [2.24, 2.45) is 0 Å². The number of piperidine rings is 1. The van der Waals surface area contributed by atoms with Gasteiger partial charge in [0.15, 0.2) is 6.61 Å². The van der Waals surface area contributed by atoms with Gasteiger partial charge in [-0.3, -0.25) is 4.79 Å². The van der Waals surface area contributed by atoms with Crippen LogP contribution < -0.4 is 9.64 Å². The Balaban J connectivity index is 1.45. The van der Waals surface area contributed by atoms with Crippen molar-refractivity contribution < 1.29 is 17.9 Å². The van der Waals surface area contributed by atoms with E-state index in [1.165, 1.54) is 0 Å². The van der Waals surface area contributed by atoms with E-state index in [0.717, 1.165) is 42.5 Å². The number of fused-ring (bicyclic) bond motifs is 1. The minimum absolute atomic E-state index is 0.0412. The molecule has 0 unspecified atom stereocenters. The summed E-state index contributed by atoms with van der Waals surface area (Å²) >= 11 is 0. The van der Waals surface area contributed by atoms with E-state index < -0.39 is 10.0 Å². The van der Waals surface area contributed by atoms with Gasteiger partial charge in [0.25, 0.3) is 5.91 Å². The average molecular weight is 429 g/mol. The second-order valence-corrected chi connectivity index (χ2v) is 9.78. The van der Waals surface area contributed by atoms with Crippen LogP contribution in [0.15, 0.2) is 47.4 Å². The molecule has 6 nitrogen and oxygen atoms in total. The molecule has 2 heterocycles. The monoisotopic (exact) mass is 428 g/mol. The minimum atomic E-state index is -3.47. The SMILES string of the molecule is CCc1cccc(OCC(=O)N2CCc3cc(S(=O)(=O)N4CCCCC4)ccc32)c1. The third-order valence-electron chi connectivity index (χ3n) is 5.87. The summed E-state index contributed by atoms with van der Waals surface area (Å²) in [5.41, 5.74) is 2.84. The molecule has 2 aromatic rings. The maximum absolute atomic E-state index is 12.9. The molecule has 0 bridgehead atoms. The number of nitrogens with zero attached hydrogens (tertiary/aromatic N) is 2. The van der Waals surface area contributed by atoms with E-state index in [0.29, 0.717) is 36.7 Å². The second kappa shape index (κ2) is 8.78. The van der Waals surface area contributed by atoms with E-state index in [1.54, 1.807) is 27.4 Å². The summed E-state index contributed by atoms with van der Waals surface area (Å²) < 4.78 is 33.2. The summed E-state index contributed by atoms with van der Waals surface area (Å²) in [4.78, 5) is 14.8. The third kappa shape index (κ3) is 4.23. The number of anilines is 1. The van der Waals surface area contributed by atoms with E-state index in [1.807, 2.05) is 24.3 Å². The van der Waals surface area contributed by atoms with Gasteiger partial charge >= 0.3 is 0 Å². The number of aryl methyl sites for hydroxylation is 1. The lowest BCUT2D eigenvalue weighted by atomic mass is 10.2. The van der Waals surface area contributed by atoms with Crippen molar-refractivity contribution >= 4 is 21.6 Å². The summed E-state index contributed by atoms with van der Waals surface area (Å²) in [6.45, 7) is 3.74. The van der Waals surface area contributed by atoms with Crippen molar-refractivity contribution in [2.75, 3.05) is 31.1 Å². The summed E-state index contributed by atoms with van der Waals surface area (Å²) in [5, 5.41) is 0. The van der Waals surface area contributed by atoms with Crippen LogP contribution >= 0.6 is 0 Å². The number of rotatable bonds is 6. The van der Waals surface area contributed by atoms with Crippen molar-refractivity contribution in [1.29, 1.82) is 0 Å². The molecule has 30 heavy (non-hydrogen) atoms. The normalized spacial score (nSPS) is 17.0. The number of sulfonamides is 1. The summed E-state index contributed by atoms with van der Waals surface area (Å²) in [6, 6.07) is 12.9. The molecule has 0 N–H and O–H groups in total. The Bertz CT molecular complexity index is 1030. The lowest BCUT2D eigenvalue weighted by molar-refractivity contribution is -0.120. The van der Waals surface area contributed by atoms with E-state index in [-0.39, 0.29) is 12.5 Å². The number of carbonyl (C=O) groups is 1. The molecular weight excluding hydrogens is 400 g/mol. The Labute approximate surface area is 178 Å². The number of amides is 1. The van der Waals surface area contributed by atoms with Crippen LogP contribution in [0.4, 0.5) is 5.69 Å². The van der Waals surface area contributed by atoms with Crippen LogP contribution in [0.2, 0.25) is 0 Å². The van der Waals surface area contributed by atoms with Gasteiger partial charge in [-0.15, -0.1) is 0 Å². The molecule has 2 aromatic carbocycles. The largest absolute Gasteiger partial charge is 0.484 e. The van der Waals surface area contributed by atoms with Gasteiger partial charge in [0.05, 0.1) is 4.90 Å². The standard InChI is InChI=1S/C23H28N2O4S/c1-2-18-7-6-8-20(15-18)29-17-23(26)25-14-11-19-16-21(9-10-22(19)25)30(27,28)24-12-4-3-5-13-24/h6-10,15-16H,2-5,11-14,17H2,1H3. The average Bonchev–Trinajstić information content (AvgIpc) is 3.21. The molecule has 1 saturated heterocycles. The molecule has 2 aliphatic rings. The predicted molar refractivity (Wildman–Crippen MR) is 116 cm³/mol. The lowest BCUT2D eigenvalue weighted by Gasteiger charge is -2.26. The molecule has 0 aliphatic carbocycles. The van der Waals surface area contributed by atoms with Gasteiger partial charge in [-0.1, -0.05) is 25.5 Å². The second-order valence-electron chi connectivity index (χ2n) is 7.84. The van der Waals surface area contributed by atoms with E-state index in [4.69, 9.17) is 4.74 Å². The molecule has 0 aromatic heterocycles. The number of carbonyl (C=O) groups excluding carboxylic acids is 1. The highest BCUT2D eigenvalue weighted by molar-refractivity contribution is 7.89. The fraction of sp³-hybridized carbons (Fsp3) is 0.435. The molecular formula is C23H28N2O4S. The van der Waals surface area contributed by atoms with Crippen molar-refractivity contribution in [3.63, 3.8) is 0 Å². The van der Waals surface area contributed by atoms with Crippen LogP contribution in [0.5, 0.6) is 5.75 Å². The van der Waals surface area contributed by atoms with Crippen LogP contribution in [-0.2, 0) is 27.7 Å². The third-order valence-corrected chi connectivity index (χ3v) is 7.76. The quantitative estimate of drug-likeness (QED) is 0.707. The highest BCUT2D eigenvalue weighted by atomic mass is 32.2. The predicted octanol–water partition coefficient (Wildman–Crippen LogP) is 3.39. The highest BCUT2D eigenvalue weighted by Gasteiger charge is 2.30. The Kier molecular flexibility index (Phi) is 6.11. The zero-order chi connectivity index (χ0) is 21.1. The molecule has 160 valence electrons.